The van der Waals surface area contributed by atoms with E-state index in [0.717, 1.165) is 0 Å². The molecular weight excluding hydrogens is 264 g/mol. The van der Waals surface area contributed by atoms with E-state index in [1.54, 1.807) is 29.4 Å². The molecule has 0 aromatic carbocycles. The van der Waals surface area contributed by atoms with Gasteiger partial charge in [-0.3, -0.25) is 0 Å². The van der Waals surface area contributed by atoms with Gasteiger partial charge in [0.2, 0.25) is 20.0 Å². The number of likely N-dealkylation sites (N-methyl/N-ethyl adjacent to an activating group) is 3. The molecule has 0 aromatic rings. The molecule has 0 amide bonds. The maximum atomic E-state index is 2.27. The molecule has 1 aliphatic rings. The van der Waals surface area contributed by atoms with Crippen molar-refractivity contribution >= 4 is 0 Å². The molecular formula is C15H42N6+6. The van der Waals surface area contributed by atoms with Crippen molar-refractivity contribution in [3.8, 4) is 0 Å². The molecule has 6 nitrogen and oxygen atoms in total. The number of hydrogen-bond acceptors (Lipinski definition) is 0. The zero-order chi connectivity index (χ0) is 15.8. The Morgan fingerprint density at radius 2 is 0.762 bits per heavy atom. The van der Waals surface area contributed by atoms with Crippen LogP contribution in [0.4, 0.5) is 0 Å². The molecule has 0 bridgehead atoms. The summed E-state index contributed by atoms with van der Waals surface area (Å²) in [6.45, 7) is 11.8. The van der Waals surface area contributed by atoms with E-state index in [9.17, 15) is 0 Å². The molecule has 21 heavy (non-hydrogen) atoms. The average molecular weight is 307 g/mol. The van der Waals surface area contributed by atoms with Gasteiger partial charge in [-0.15, -0.1) is 0 Å². The van der Waals surface area contributed by atoms with Crippen molar-refractivity contribution in [3.63, 3.8) is 0 Å². The van der Waals surface area contributed by atoms with Crippen LogP contribution in [0.3, 0.4) is 0 Å². The first-order chi connectivity index (χ1) is 9.86. The van der Waals surface area contributed by atoms with Crippen LogP contribution >= 0.6 is 0 Å². The molecule has 0 saturated carbocycles. The summed E-state index contributed by atoms with van der Waals surface area (Å²) in [4.78, 5) is 10.1. The minimum atomic E-state index is 1.29. The lowest BCUT2D eigenvalue weighted by Crippen LogP contribution is -3.51. The predicted molar refractivity (Wildman–Crippen MR) is 85.1 cm³/mol. The number of rotatable bonds is 9. The second kappa shape index (κ2) is 9.71. The maximum Gasteiger partial charge on any atom is 0.213 e. The molecule has 1 saturated heterocycles. The molecule has 6 N–H and O–H groups in total. The van der Waals surface area contributed by atoms with Gasteiger partial charge in [0, 0.05) is 0 Å². The van der Waals surface area contributed by atoms with Gasteiger partial charge in [-0.2, -0.15) is 0 Å². The van der Waals surface area contributed by atoms with E-state index >= 15 is 0 Å². The number of nitrogens with one attached hydrogen (secondary N) is 6. The third-order valence-electron chi connectivity index (χ3n) is 4.44. The molecule has 0 atom stereocenters. The smallest absolute Gasteiger partial charge is 0.213 e. The van der Waals surface area contributed by atoms with E-state index in [2.05, 4.69) is 42.3 Å². The van der Waals surface area contributed by atoms with Crippen LogP contribution in [-0.2, 0) is 0 Å². The molecule has 6 heteroatoms. The molecule has 0 spiro atoms. The van der Waals surface area contributed by atoms with E-state index in [1.165, 1.54) is 59.3 Å². The zero-order valence-corrected chi connectivity index (χ0v) is 15.4. The summed E-state index contributed by atoms with van der Waals surface area (Å²) in [5.74, 6) is 0. The lowest BCUT2D eigenvalue weighted by atomic mass is 10.4. The van der Waals surface area contributed by atoms with Crippen LogP contribution in [0.25, 0.3) is 0 Å². The van der Waals surface area contributed by atoms with Crippen LogP contribution in [0.2, 0.25) is 0 Å². The van der Waals surface area contributed by atoms with Crippen LogP contribution in [-0.4, -0.2) is 102 Å². The Kier molecular flexibility index (Phi) is 8.70. The van der Waals surface area contributed by atoms with E-state index < -0.39 is 0 Å². The topological polar surface area (TPSA) is 26.6 Å². The first-order valence-corrected chi connectivity index (χ1v) is 8.74. The number of quaternary nitrogens is 6. The molecule has 0 aromatic heterocycles. The second-order valence-corrected chi connectivity index (χ2v) is 7.90. The fraction of sp³-hybridized carbons (Fsp3) is 1.00. The number of hydrogen-bond donors (Lipinski definition) is 6. The quantitative estimate of drug-likeness (QED) is 0.244. The molecule has 0 aliphatic carbocycles. The highest BCUT2D eigenvalue weighted by Crippen LogP contribution is 1.51. The van der Waals surface area contributed by atoms with Crippen molar-refractivity contribution in [2.75, 3.05) is 102 Å². The Morgan fingerprint density at radius 3 is 0.952 bits per heavy atom. The Bertz CT molecular complexity index is 220. The predicted octanol–water partition coefficient (Wildman–Crippen LogP) is -9.04. The summed E-state index contributed by atoms with van der Waals surface area (Å²) < 4.78 is 0. The van der Waals surface area contributed by atoms with E-state index in [1.807, 2.05) is 0 Å². The maximum absolute atomic E-state index is 2.27. The summed E-state index contributed by atoms with van der Waals surface area (Å²) in [6, 6.07) is 0. The van der Waals surface area contributed by atoms with Gasteiger partial charge in [-0.1, -0.05) is 0 Å². The lowest BCUT2D eigenvalue weighted by Gasteiger charge is -2.34. The van der Waals surface area contributed by atoms with Gasteiger partial charge in [0.1, 0.15) is 39.3 Å². The van der Waals surface area contributed by atoms with Crippen LogP contribution in [0.15, 0.2) is 0 Å². The highest BCUT2D eigenvalue weighted by Gasteiger charge is 2.32. The van der Waals surface area contributed by atoms with Gasteiger partial charge in [0.15, 0.2) is 0 Å². The van der Waals surface area contributed by atoms with Gasteiger partial charge < -0.3 is 14.7 Å². The summed E-state index contributed by atoms with van der Waals surface area (Å²) in [7, 11) is 13.6. The lowest BCUT2D eigenvalue weighted by molar-refractivity contribution is -1.27. The van der Waals surface area contributed by atoms with Gasteiger partial charge in [-0.25, -0.2) is 14.7 Å². The van der Waals surface area contributed by atoms with Gasteiger partial charge in [-0.05, 0) is 0 Å². The Labute approximate surface area is 131 Å². The van der Waals surface area contributed by atoms with Crippen molar-refractivity contribution in [2.24, 2.45) is 0 Å². The first kappa shape index (κ1) is 18.8. The van der Waals surface area contributed by atoms with E-state index in [0.29, 0.717) is 0 Å². The first-order valence-electron chi connectivity index (χ1n) is 8.74. The fourth-order valence-corrected chi connectivity index (χ4v) is 3.06. The SMILES string of the molecule is C[NH+](C)CC[NH+]1C[NH+](CC[NH+](C)C)C[NH+](CC[NH+](C)C)C1. The van der Waals surface area contributed by atoms with E-state index in [4.69, 9.17) is 0 Å². The molecule has 1 fully saturated rings. The Hall–Kier alpha value is -0.240. The highest BCUT2D eigenvalue weighted by molar-refractivity contribution is 4.26. The summed E-state index contributed by atoms with van der Waals surface area (Å²) >= 11 is 0. The molecule has 126 valence electrons. The minimum absolute atomic E-state index is 1.29. The van der Waals surface area contributed by atoms with Crippen LogP contribution in [0.1, 0.15) is 0 Å². The Balaban J connectivity index is 2.46. The van der Waals surface area contributed by atoms with Gasteiger partial charge in [0.05, 0.1) is 42.3 Å². The normalized spacial score (nSPS) is 27.0. The van der Waals surface area contributed by atoms with Gasteiger partial charge >= 0.3 is 0 Å². The fourth-order valence-electron chi connectivity index (χ4n) is 3.06. The van der Waals surface area contributed by atoms with Crippen LogP contribution < -0.4 is 29.4 Å². The summed E-state index contributed by atoms with van der Waals surface area (Å²) in [5.41, 5.74) is 0. The van der Waals surface area contributed by atoms with Crippen molar-refractivity contribution in [1.82, 2.24) is 0 Å². The third kappa shape index (κ3) is 8.70. The van der Waals surface area contributed by atoms with Crippen molar-refractivity contribution in [2.45, 2.75) is 0 Å². The summed E-state index contributed by atoms with van der Waals surface area (Å²) in [5, 5.41) is 0. The highest BCUT2D eigenvalue weighted by atomic mass is 15.5. The monoisotopic (exact) mass is 306 g/mol. The van der Waals surface area contributed by atoms with Crippen LogP contribution in [0.5, 0.6) is 0 Å². The van der Waals surface area contributed by atoms with Crippen LogP contribution in [0, 0.1) is 0 Å². The standard InChI is InChI=1S/C15H36N6/c1-16(2)7-10-19-13-20(11-8-17(3)4)15-21(14-19)12-9-18(5)6/h7-15H2,1-6H3/p+6. The second-order valence-electron chi connectivity index (χ2n) is 7.90. The van der Waals surface area contributed by atoms with Crippen molar-refractivity contribution in [1.29, 1.82) is 0 Å². The molecule has 0 unspecified atom stereocenters. The molecule has 1 heterocycles. The molecule has 1 aliphatic heterocycles. The average Bonchev–Trinajstić information content (AvgIpc) is 2.40. The molecule has 0 radical (unpaired) electrons. The van der Waals surface area contributed by atoms with E-state index in [-0.39, 0.29) is 0 Å². The zero-order valence-electron chi connectivity index (χ0n) is 15.4. The summed E-state index contributed by atoms with van der Waals surface area (Å²) in [6.07, 6.45) is 0. The minimum Gasteiger partial charge on any atom is -0.335 e. The Morgan fingerprint density at radius 1 is 0.524 bits per heavy atom. The van der Waals surface area contributed by atoms with Crippen molar-refractivity contribution < 1.29 is 29.4 Å². The molecule has 1 rings (SSSR count). The van der Waals surface area contributed by atoms with Crippen molar-refractivity contribution in [3.05, 3.63) is 0 Å². The third-order valence-corrected chi connectivity index (χ3v) is 4.44. The van der Waals surface area contributed by atoms with Gasteiger partial charge in [0.25, 0.3) is 0 Å². The largest absolute Gasteiger partial charge is 0.335 e.